The van der Waals surface area contributed by atoms with Gasteiger partial charge in [0.2, 0.25) is 0 Å². The zero-order valence-electron chi connectivity index (χ0n) is 13.2. The molecule has 122 valence electrons. The molecule has 0 saturated carbocycles. The van der Waals surface area contributed by atoms with Crippen LogP contribution >= 0.6 is 0 Å². The summed E-state index contributed by atoms with van der Waals surface area (Å²) in [6.07, 6.45) is 3.72. The zero-order chi connectivity index (χ0) is 17.7. The number of imide groups is 2. The van der Waals surface area contributed by atoms with Gasteiger partial charge in [-0.05, 0) is 19.1 Å². The van der Waals surface area contributed by atoms with Crippen molar-refractivity contribution in [2.24, 2.45) is 0 Å². The first-order valence-corrected chi connectivity index (χ1v) is 7.63. The Balaban J connectivity index is 1.92. The van der Waals surface area contributed by atoms with Crippen molar-refractivity contribution in [3.05, 3.63) is 60.2 Å². The minimum absolute atomic E-state index is 0.368. The van der Waals surface area contributed by atoms with Gasteiger partial charge in [-0.25, -0.2) is 9.80 Å². The lowest BCUT2D eigenvalue weighted by Crippen LogP contribution is -2.32. The molecule has 0 N–H and O–H groups in total. The molecule has 0 radical (unpaired) electrons. The van der Waals surface area contributed by atoms with E-state index in [1.807, 2.05) is 0 Å². The molecule has 4 amide bonds. The van der Waals surface area contributed by atoms with Crippen LogP contribution in [0.1, 0.15) is 6.92 Å². The van der Waals surface area contributed by atoms with Gasteiger partial charge in [-0.1, -0.05) is 24.3 Å². The molecular weight excluding hydrogens is 320 g/mol. The maximum atomic E-state index is 12.3. The van der Waals surface area contributed by atoms with Crippen LogP contribution < -0.4 is 9.80 Å². The molecule has 2 aromatic rings. The third-order valence-corrected chi connectivity index (χ3v) is 4.27. The summed E-state index contributed by atoms with van der Waals surface area (Å²) in [4.78, 5) is 50.7. The summed E-state index contributed by atoms with van der Waals surface area (Å²) >= 11 is 0. The maximum Gasteiger partial charge on any atom is 0.261 e. The highest BCUT2D eigenvalue weighted by Gasteiger charge is 2.32. The van der Waals surface area contributed by atoms with E-state index in [4.69, 9.17) is 0 Å². The van der Waals surface area contributed by atoms with Crippen molar-refractivity contribution in [3.8, 4) is 0 Å². The topological polar surface area (TPSA) is 74.8 Å². The number of rotatable bonds is 2. The molecule has 2 aliphatic heterocycles. The zero-order valence-corrected chi connectivity index (χ0v) is 13.2. The highest BCUT2D eigenvalue weighted by atomic mass is 16.2. The lowest BCUT2D eigenvalue weighted by Gasteiger charge is -2.21. The number of fused-ring (bicyclic) bond motifs is 1. The molecule has 6 heteroatoms. The monoisotopic (exact) mass is 332 g/mol. The van der Waals surface area contributed by atoms with E-state index >= 15 is 0 Å². The maximum absolute atomic E-state index is 12.3. The van der Waals surface area contributed by atoms with Crippen LogP contribution in [0.2, 0.25) is 0 Å². The first kappa shape index (κ1) is 15.0. The number of hydrogen-bond donors (Lipinski definition) is 0. The average molecular weight is 332 g/mol. The molecule has 0 spiro atoms. The number of amides is 4. The summed E-state index contributed by atoms with van der Waals surface area (Å²) in [5.41, 5.74) is 1.21. The number of anilines is 2. The molecule has 6 nitrogen and oxygen atoms in total. The van der Waals surface area contributed by atoms with Crippen LogP contribution in [0.3, 0.4) is 0 Å². The Morgan fingerprint density at radius 2 is 1.20 bits per heavy atom. The SMILES string of the molecule is CC1=CC(=O)N(c2ccc(N3C(=O)C=CC3=O)c3ccccc23)C1=O. The molecule has 0 unspecified atom stereocenters. The van der Waals surface area contributed by atoms with E-state index in [2.05, 4.69) is 0 Å². The number of nitrogens with zero attached hydrogens (tertiary/aromatic N) is 2. The molecule has 25 heavy (non-hydrogen) atoms. The fourth-order valence-electron chi connectivity index (χ4n) is 3.11. The van der Waals surface area contributed by atoms with E-state index in [1.54, 1.807) is 43.3 Å². The molecule has 2 heterocycles. The van der Waals surface area contributed by atoms with Crippen molar-refractivity contribution in [3.63, 3.8) is 0 Å². The number of carbonyl (C=O) groups excluding carboxylic acids is 4. The minimum atomic E-state index is -0.422. The summed E-state index contributed by atoms with van der Waals surface area (Å²) < 4.78 is 0. The first-order valence-electron chi connectivity index (χ1n) is 7.63. The van der Waals surface area contributed by atoms with E-state index < -0.39 is 17.7 Å². The molecule has 0 fully saturated rings. The molecule has 0 aliphatic carbocycles. The van der Waals surface area contributed by atoms with Gasteiger partial charge in [0.05, 0.1) is 11.4 Å². The lowest BCUT2D eigenvalue weighted by molar-refractivity contribution is -0.121. The van der Waals surface area contributed by atoms with E-state index in [0.717, 1.165) is 9.80 Å². The van der Waals surface area contributed by atoms with Crippen LogP contribution in [0, 0.1) is 0 Å². The van der Waals surface area contributed by atoms with Crippen LogP contribution in [-0.2, 0) is 19.2 Å². The van der Waals surface area contributed by atoms with E-state index in [-0.39, 0.29) is 5.91 Å². The second kappa shape index (κ2) is 5.24. The number of hydrogen-bond acceptors (Lipinski definition) is 4. The van der Waals surface area contributed by atoms with Gasteiger partial charge in [-0.15, -0.1) is 0 Å². The van der Waals surface area contributed by atoms with Crippen LogP contribution in [0.5, 0.6) is 0 Å². The lowest BCUT2D eigenvalue weighted by atomic mass is 10.0. The van der Waals surface area contributed by atoms with Crippen molar-refractivity contribution in [1.82, 2.24) is 0 Å². The Hall–Kier alpha value is -3.54. The Morgan fingerprint density at radius 3 is 1.68 bits per heavy atom. The van der Waals surface area contributed by atoms with Gasteiger partial charge in [0, 0.05) is 34.6 Å². The quantitative estimate of drug-likeness (QED) is 0.789. The van der Waals surface area contributed by atoms with Gasteiger partial charge in [0.1, 0.15) is 0 Å². The molecule has 0 bridgehead atoms. The number of benzene rings is 2. The largest absolute Gasteiger partial charge is 0.269 e. The highest BCUT2D eigenvalue weighted by molar-refractivity contribution is 6.34. The fourth-order valence-corrected chi connectivity index (χ4v) is 3.11. The summed E-state index contributed by atoms with van der Waals surface area (Å²) in [5.74, 6) is -1.63. The van der Waals surface area contributed by atoms with Crippen LogP contribution in [0.25, 0.3) is 10.8 Å². The Bertz CT molecular complexity index is 1030. The van der Waals surface area contributed by atoms with Crippen molar-refractivity contribution in [2.75, 3.05) is 9.80 Å². The predicted molar refractivity (Wildman–Crippen MR) is 91.8 cm³/mol. The second-order valence-electron chi connectivity index (χ2n) is 5.80. The van der Waals surface area contributed by atoms with Crippen molar-refractivity contribution < 1.29 is 19.2 Å². The predicted octanol–water partition coefficient (Wildman–Crippen LogP) is 2.09. The summed E-state index contributed by atoms with van der Waals surface area (Å²) in [6.45, 7) is 1.59. The molecule has 2 aromatic carbocycles. The second-order valence-corrected chi connectivity index (χ2v) is 5.80. The molecular formula is C19H12N2O4. The van der Waals surface area contributed by atoms with E-state index in [1.165, 1.54) is 18.2 Å². The average Bonchev–Trinajstić information content (AvgIpc) is 3.06. The molecule has 2 aliphatic rings. The van der Waals surface area contributed by atoms with Gasteiger partial charge in [-0.3, -0.25) is 19.2 Å². The van der Waals surface area contributed by atoms with Crippen LogP contribution in [0.15, 0.2) is 60.2 Å². The number of carbonyl (C=O) groups is 4. The fraction of sp³-hybridized carbons (Fsp3) is 0.0526. The smallest absolute Gasteiger partial charge is 0.261 e. The molecule has 0 atom stereocenters. The Kier molecular flexibility index (Phi) is 3.15. The summed E-state index contributed by atoms with van der Waals surface area (Å²) in [6, 6.07) is 10.2. The van der Waals surface area contributed by atoms with Crippen LogP contribution in [0.4, 0.5) is 11.4 Å². The van der Waals surface area contributed by atoms with Crippen LogP contribution in [-0.4, -0.2) is 23.6 Å². The van der Waals surface area contributed by atoms with Crippen molar-refractivity contribution >= 4 is 45.8 Å². The molecule has 0 saturated heterocycles. The first-order chi connectivity index (χ1) is 12.0. The standard InChI is InChI=1S/C19H12N2O4/c1-11-10-18(24)21(19(11)25)15-7-6-14(12-4-2-3-5-13(12)15)20-16(22)8-9-17(20)23/h2-10H,1H3. The van der Waals surface area contributed by atoms with E-state index in [9.17, 15) is 19.2 Å². The summed E-state index contributed by atoms with van der Waals surface area (Å²) in [5, 5.41) is 1.22. The molecule has 4 rings (SSSR count). The third-order valence-electron chi connectivity index (χ3n) is 4.27. The minimum Gasteiger partial charge on any atom is -0.269 e. The van der Waals surface area contributed by atoms with Gasteiger partial charge < -0.3 is 0 Å². The third kappa shape index (κ3) is 2.11. The van der Waals surface area contributed by atoms with Crippen molar-refractivity contribution in [1.29, 1.82) is 0 Å². The van der Waals surface area contributed by atoms with E-state index in [0.29, 0.717) is 27.7 Å². The van der Waals surface area contributed by atoms with Gasteiger partial charge in [-0.2, -0.15) is 0 Å². The van der Waals surface area contributed by atoms with Gasteiger partial charge in [0.25, 0.3) is 23.6 Å². The highest BCUT2D eigenvalue weighted by Crippen LogP contribution is 2.37. The normalized spacial score (nSPS) is 17.2. The van der Waals surface area contributed by atoms with Gasteiger partial charge >= 0.3 is 0 Å². The van der Waals surface area contributed by atoms with Gasteiger partial charge in [0.15, 0.2) is 0 Å². The summed E-state index contributed by atoms with van der Waals surface area (Å²) in [7, 11) is 0. The Labute approximate surface area is 142 Å². The Morgan fingerprint density at radius 1 is 0.680 bits per heavy atom. The van der Waals surface area contributed by atoms with Crippen molar-refractivity contribution in [2.45, 2.75) is 6.92 Å². The molecule has 0 aromatic heterocycles.